The van der Waals surface area contributed by atoms with E-state index >= 15 is 0 Å². The molecule has 0 aliphatic rings. The molecule has 0 spiro atoms. The van der Waals surface area contributed by atoms with Crippen molar-refractivity contribution in [1.82, 2.24) is 9.99 Å². The maximum atomic E-state index is 12.2. The van der Waals surface area contributed by atoms with Gasteiger partial charge in [-0.3, -0.25) is 19.7 Å². The summed E-state index contributed by atoms with van der Waals surface area (Å²) in [5.74, 6) is -1.08. The van der Waals surface area contributed by atoms with Crippen molar-refractivity contribution >= 4 is 34.6 Å². The average molecular weight is 379 g/mol. The van der Waals surface area contributed by atoms with Crippen LogP contribution in [0.15, 0.2) is 59.8 Å². The number of carbonyl (C=O) groups excluding carboxylic acids is 2. The van der Waals surface area contributed by atoms with Gasteiger partial charge in [0.05, 0.1) is 11.1 Å². The number of nitrogens with one attached hydrogen (secondary N) is 1. The number of hydrogen-bond acceptors (Lipinski definition) is 5. The fourth-order valence-electron chi connectivity index (χ4n) is 2.84. The lowest BCUT2D eigenvalue weighted by Crippen LogP contribution is -2.18. The van der Waals surface area contributed by atoms with Gasteiger partial charge < -0.3 is 10.3 Å². The molecule has 28 heavy (non-hydrogen) atoms. The molecule has 0 atom stereocenters. The van der Waals surface area contributed by atoms with Crippen LogP contribution in [0.4, 0.5) is 5.69 Å². The Morgan fingerprint density at radius 3 is 2.64 bits per heavy atom. The number of carbonyl (C=O) groups is 2. The number of fused-ring (bicyclic) bond motifs is 1. The maximum absolute atomic E-state index is 12.2. The summed E-state index contributed by atoms with van der Waals surface area (Å²) in [6.45, 7) is 0.423. The third kappa shape index (κ3) is 4.04. The maximum Gasteiger partial charge on any atom is 0.282 e. The monoisotopic (exact) mass is 379 g/mol. The summed E-state index contributed by atoms with van der Waals surface area (Å²) in [6, 6.07) is 13.2. The number of para-hydroxylation sites is 2. The molecule has 142 valence electrons. The molecule has 0 aliphatic carbocycles. The Bertz CT molecular complexity index is 1090. The predicted molar refractivity (Wildman–Crippen MR) is 104 cm³/mol. The highest BCUT2D eigenvalue weighted by atomic mass is 16.6. The molecule has 9 heteroatoms. The molecule has 1 aromatic heterocycles. The molecule has 0 aliphatic heterocycles. The van der Waals surface area contributed by atoms with Gasteiger partial charge in [-0.15, -0.1) is 0 Å². The first-order valence-electron chi connectivity index (χ1n) is 8.40. The third-order valence-electron chi connectivity index (χ3n) is 4.13. The SMILES string of the molecule is NC(=O)CCn1cc(/C=N\NC(=O)c2ccccc2[N+](=O)[O-])c2ccccc21. The summed E-state index contributed by atoms with van der Waals surface area (Å²) in [5.41, 5.74) is 8.78. The molecule has 0 fully saturated rings. The van der Waals surface area contributed by atoms with Crippen LogP contribution < -0.4 is 11.2 Å². The number of nitro groups is 1. The van der Waals surface area contributed by atoms with Crippen molar-refractivity contribution in [1.29, 1.82) is 0 Å². The molecule has 2 amide bonds. The lowest BCUT2D eigenvalue weighted by atomic mass is 10.2. The summed E-state index contributed by atoms with van der Waals surface area (Å²) in [5, 5.41) is 15.8. The zero-order valence-electron chi connectivity index (χ0n) is 14.7. The molecule has 3 rings (SSSR count). The number of nitrogens with zero attached hydrogens (tertiary/aromatic N) is 3. The van der Waals surface area contributed by atoms with Crippen molar-refractivity contribution < 1.29 is 14.5 Å². The van der Waals surface area contributed by atoms with Gasteiger partial charge in [-0.25, -0.2) is 5.43 Å². The summed E-state index contributed by atoms with van der Waals surface area (Å²) < 4.78 is 1.88. The smallest absolute Gasteiger partial charge is 0.282 e. The topological polar surface area (TPSA) is 133 Å². The Morgan fingerprint density at radius 2 is 1.89 bits per heavy atom. The molecule has 1 heterocycles. The first-order chi connectivity index (χ1) is 13.5. The Morgan fingerprint density at radius 1 is 1.18 bits per heavy atom. The number of amides is 2. The number of hydrazone groups is 1. The number of nitro benzene ring substituents is 1. The number of aromatic nitrogens is 1. The van der Waals surface area contributed by atoms with Crippen LogP contribution in [-0.4, -0.2) is 27.5 Å². The van der Waals surface area contributed by atoms with Crippen LogP contribution in [-0.2, 0) is 11.3 Å². The minimum Gasteiger partial charge on any atom is -0.370 e. The molecule has 0 saturated heterocycles. The van der Waals surface area contributed by atoms with E-state index in [-0.39, 0.29) is 17.7 Å². The van der Waals surface area contributed by atoms with Crippen molar-refractivity contribution in [2.45, 2.75) is 13.0 Å². The van der Waals surface area contributed by atoms with Gasteiger partial charge in [0, 0.05) is 41.7 Å². The Kier molecular flexibility index (Phi) is 5.45. The van der Waals surface area contributed by atoms with Crippen molar-refractivity contribution in [3.8, 4) is 0 Å². The van der Waals surface area contributed by atoms with Crippen LogP contribution in [0.5, 0.6) is 0 Å². The molecule has 0 radical (unpaired) electrons. The normalized spacial score (nSPS) is 11.0. The van der Waals surface area contributed by atoms with E-state index in [1.807, 2.05) is 28.8 Å². The number of aryl methyl sites for hydroxylation is 1. The average Bonchev–Trinajstić information content (AvgIpc) is 3.04. The minimum absolute atomic E-state index is 0.0754. The zero-order chi connectivity index (χ0) is 20.1. The molecule has 3 N–H and O–H groups in total. The molecule has 0 bridgehead atoms. The van der Waals surface area contributed by atoms with Gasteiger partial charge in [-0.1, -0.05) is 30.3 Å². The third-order valence-corrected chi connectivity index (χ3v) is 4.13. The molecule has 3 aromatic rings. The van der Waals surface area contributed by atoms with Crippen LogP contribution >= 0.6 is 0 Å². The second-order valence-electron chi connectivity index (χ2n) is 5.98. The van der Waals surface area contributed by atoms with Crippen molar-refractivity contribution in [2.75, 3.05) is 0 Å². The second kappa shape index (κ2) is 8.12. The van der Waals surface area contributed by atoms with E-state index in [4.69, 9.17) is 5.73 Å². The van der Waals surface area contributed by atoms with Crippen LogP contribution in [0, 0.1) is 10.1 Å². The first-order valence-corrected chi connectivity index (χ1v) is 8.40. The van der Waals surface area contributed by atoms with E-state index in [2.05, 4.69) is 10.5 Å². The zero-order valence-corrected chi connectivity index (χ0v) is 14.7. The van der Waals surface area contributed by atoms with Gasteiger partial charge in [0.25, 0.3) is 11.6 Å². The molecule has 2 aromatic carbocycles. The van der Waals surface area contributed by atoms with E-state index in [1.54, 1.807) is 6.20 Å². The van der Waals surface area contributed by atoms with E-state index in [0.29, 0.717) is 6.54 Å². The fraction of sp³-hybridized carbons (Fsp3) is 0.105. The number of rotatable bonds is 7. The van der Waals surface area contributed by atoms with Crippen molar-refractivity contribution in [3.63, 3.8) is 0 Å². The van der Waals surface area contributed by atoms with Crippen LogP contribution in [0.25, 0.3) is 10.9 Å². The van der Waals surface area contributed by atoms with Crippen LogP contribution in [0.1, 0.15) is 22.3 Å². The van der Waals surface area contributed by atoms with Gasteiger partial charge in [-0.05, 0) is 12.1 Å². The molecular weight excluding hydrogens is 362 g/mol. The van der Waals surface area contributed by atoms with E-state index in [9.17, 15) is 19.7 Å². The van der Waals surface area contributed by atoms with Gasteiger partial charge in [-0.2, -0.15) is 5.10 Å². The largest absolute Gasteiger partial charge is 0.370 e. The van der Waals surface area contributed by atoms with E-state index in [1.165, 1.54) is 30.5 Å². The van der Waals surface area contributed by atoms with Gasteiger partial charge in [0.2, 0.25) is 5.91 Å². The molecule has 0 unspecified atom stereocenters. The van der Waals surface area contributed by atoms with Gasteiger partial charge in [0.1, 0.15) is 5.56 Å². The molecule has 9 nitrogen and oxygen atoms in total. The summed E-state index contributed by atoms with van der Waals surface area (Å²) in [4.78, 5) is 33.7. The molecule has 0 saturated carbocycles. The number of nitrogens with two attached hydrogens (primary N) is 1. The lowest BCUT2D eigenvalue weighted by Gasteiger charge is -2.02. The highest BCUT2D eigenvalue weighted by molar-refractivity contribution is 6.01. The standard InChI is InChI=1S/C19H17N5O4/c20-18(25)9-10-23-12-13(14-5-1-3-7-16(14)23)11-21-22-19(26)15-6-2-4-8-17(15)24(27)28/h1-8,11-12H,9-10H2,(H2,20,25)(H,22,26)/b21-11-. The Hall–Kier alpha value is -4.01. The Balaban J connectivity index is 1.81. The van der Waals surface area contributed by atoms with E-state index in [0.717, 1.165) is 16.5 Å². The number of hydrogen-bond donors (Lipinski definition) is 2. The van der Waals surface area contributed by atoms with Crippen molar-refractivity contribution in [3.05, 3.63) is 76.0 Å². The lowest BCUT2D eigenvalue weighted by molar-refractivity contribution is -0.385. The fourth-order valence-corrected chi connectivity index (χ4v) is 2.84. The first kappa shape index (κ1) is 18.8. The van der Waals surface area contributed by atoms with Crippen LogP contribution in [0.2, 0.25) is 0 Å². The van der Waals surface area contributed by atoms with Gasteiger partial charge in [0.15, 0.2) is 0 Å². The Labute approximate surface area is 159 Å². The predicted octanol–water partition coefficient (Wildman–Crippen LogP) is 2.19. The number of primary amides is 1. The highest BCUT2D eigenvalue weighted by Crippen LogP contribution is 2.20. The quantitative estimate of drug-likeness (QED) is 0.370. The molecular formula is C19H17N5O4. The van der Waals surface area contributed by atoms with Crippen LogP contribution in [0.3, 0.4) is 0 Å². The summed E-state index contributed by atoms with van der Waals surface area (Å²) in [7, 11) is 0. The second-order valence-corrected chi connectivity index (χ2v) is 5.98. The van der Waals surface area contributed by atoms with Gasteiger partial charge >= 0.3 is 0 Å². The minimum atomic E-state index is -0.680. The van der Waals surface area contributed by atoms with Crippen molar-refractivity contribution in [2.24, 2.45) is 10.8 Å². The summed E-state index contributed by atoms with van der Waals surface area (Å²) >= 11 is 0. The van der Waals surface area contributed by atoms with E-state index < -0.39 is 16.7 Å². The highest BCUT2D eigenvalue weighted by Gasteiger charge is 2.18. The number of benzene rings is 2. The summed E-state index contributed by atoms with van der Waals surface area (Å²) in [6.07, 6.45) is 3.45.